The topological polar surface area (TPSA) is 66.8 Å². The van der Waals surface area contributed by atoms with E-state index in [0.29, 0.717) is 5.17 Å². The summed E-state index contributed by atoms with van der Waals surface area (Å²) >= 11 is 1.42. The Bertz CT molecular complexity index is 833. The van der Waals surface area contributed by atoms with Gasteiger partial charge in [-0.25, -0.2) is 8.42 Å². The summed E-state index contributed by atoms with van der Waals surface area (Å²) in [4.78, 5) is 18.9. The van der Waals surface area contributed by atoms with E-state index in [0.717, 1.165) is 16.8 Å². The third-order valence-electron chi connectivity index (χ3n) is 4.59. The number of para-hydroxylation sites is 1. The molecule has 7 heteroatoms. The van der Waals surface area contributed by atoms with Crippen molar-refractivity contribution in [1.82, 2.24) is 0 Å². The third kappa shape index (κ3) is 3.49. The minimum atomic E-state index is -3.05. The highest BCUT2D eigenvalue weighted by atomic mass is 32.2. The van der Waals surface area contributed by atoms with Gasteiger partial charge in [-0.1, -0.05) is 50.7 Å². The molecular weight excluding hydrogens is 356 g/mol. The van der Waals surface area contributed by atoms with Crippen molar-refractivity contribution < 1.29 is 13.2 Å². The lowest BCUT2D eigenvalue weighted by atomic mass is 9.96. The van der Waals surface area contributed by atoms with Crippen molar-refractivity contribution in [3.63, 3.8) is 0 Å². The van der Waals surface area contributed by atoms with Gasteiger partial charge in [0.2, 0.25) is 0 Å². The van der Waals surface area contributed by atoms with Gasteiger partial charge in [0, 0.05) is 16.4 Å². The summed E-state index contributed by atoms with van der Waals surface area (Å²) in [6.07, 6.45) is 0. The third-order valence-corrected chi connectivity index (χ3v) is 7.80. The molecule has 2 fully saturated rings. The van der Waals surface area contributed by atoms with Gasteiger partial charge in [0.1, 0.15) is 0 Å². The molecule has 1 amide bonds. The lowest BCUT2D eigenvalue weighted by molar-refractivity contribution is -0.124. The highest BCUT2D eigenvalue weighted by Crippen LogP contribution is 2.43. The van der Waals surface area contributed by atoms with E-state index in [1.54, 1.807) is 0 Å². The quantitative estimate of drug-likeness (QED) is 0.749. The van der Waals surface area contributed by atoms with E-state index < -0.39 is 15.3 Å². The smallest absolute Gasteiger partial charge is 0.253 e. The monoisotopic (exact) mass is 380 g/mol. The molecule has 5 nitrogen and oxygen atoms in total. The number of benzene rings is 1. The van der Waals surface area contributed by atoms with E-state index in [1.807, 2.05) is 57.7 Å². The number of aliphatic imine (C=N–C) groups is 1. The Morgan fingerprint density at radius 3 is 2.36 bits per heavy atom. The second-order valence-electron chi connectivity index (χ2n) is 7.86. The Hall–Kier alpha value is -1.34. The summed E-state index contributed by atoms with van der Waals surface area (Å²) in [7, 11) is -3.05. The molecule has 1 aromatic carbocycles. The van der Waals surface area contributed by atoms with E-state index in [-0.39, 0.29) is 28.7 Å². The molecule has 2 heterocycles. The molecule has 2 saturated heterocycles. The Labute approximate surface area is 153 Å². The van der Waals surface area contributed by atoms with Gasteiger partial charge in [0.15, 0.2) is 15.0 Å². The van der Waals surface area contributed by atoms with Crippen molar-refractivity contribution in [1.29, 1.82) is 0 Å². The molecule has 0 aromatic heterocycles. The van der Waals surface area contributed by atoms with E-state index in [9.17, 15) is 13.2 Å². The Balaban J connectivity index is 2.11. The molecule has 0 radical (unpaired) electrons. The lowest BCUT2D eigenvalue weighted by Gasteiger charge is -2.28. The maximum Gasteiger partial charge on any atom is 0.253 e. The predicted octanol–water partition coefficient (Wildman–Crippen LogP) is 2.95. The molecule has 0 bridgehead atoms. The molecule has 0 spiro atoms. The van der Waals surface area contributed by atoms with Crippen LogP contribution in [0.25, 0.3) is 0 Å². The van der Waals surface area contributed by atoms with Crippen LogP contribution < -0.4 is 4.90 Å². The number of rotatable bonds is 1. The summed E-state index contributed by atoms with van der Waals surface area (Å²) in [6, 6.07) is 5.83. The summed E-state index contributed by atoms with van der Waals surface area (Å²) in [5.74, 6) is 0.0716. The predicted molar refractivity (Wildman–Crippen MR) is 104 cm³/mol. The van der Waals surface area contributed by atoms with Crippen LogP contribution in [0.15, 0.2) is 23.2 Å². The van der Waals surface area contributed by atoms with Crippen molar-refractivity contribution in [3.8, 4) is 0 Å². The Morgan fingerprint density at radius 2 is 1.80 bits per heavy atom. The lowest BCUT2D eigenvalue weighted by Crippen LogP contribution is -2.39. The number of hydrogen-bond acceptors (Lipinski definition) is 4. The molecule has 0 unspecified atom stereocenters. The minimum absolute atomic E-state index is 0.0736. The average molecular weight is 381 g/mol. The SMILES string of the molecule is Cc1cccc(C)c1N1C(=NC(=O)C(C)(C)C)S[C@@H]2CS(=O)(=O)C[C@H]21. The van der Waals surface area contributed by atoms with Crippen molar-refractivity contribution in [2.45, 2.75) is 45.9 Å². The molecule has 136 valence electrons. The number of amidine groups is 1. The molecule has 2 aliphatic heterocycles. The Kier molecular flexibility index (Phi) is 4.52. The number of fused-ring (bicyclic) bond motifs is 1. The van der Waals surface area contributed by atoms with Crippen LogP contribution in [0.2, 0.25) is 0 Å². The zero-order valence-electron chi connectivity index (χ0n) is 15.2. The summed E-state index contributed by atoms with van der Waals surface area (Å²) in [5.41, 5.74) is 2.52. The van der Waals surface area contributed by atoms with Gasteiger partial charge in [0.05, 0.1) is 17.5 Å². The molecule has 0 saturated carbocycles. The van der Waals surface area contributed by atoms with Crippen LogP contribution in [0, 0.1) is 19.3 Å². The van der Waals surface area contributed by atoms with Crippen LogP contribution in [0.1, 0.15) is 31.9 Å². The molecular formula is C18H24N2O3S2. The second kappa shape index (κ2) is 6.13. The fourth-order valence-electron chi connectivity index (χ4n) is 3.27. The Morgan fingerprint density at radius 1 is 1.20 bits per heavy atom. The molecule has 2 aliphatic rings. The first kappa shape index (κ1) is 18.5. The van der Waals surface area contributed by atoms with Crippen LogP contribution >= 0.6 is 11.8 Å². The zero-order chi connectivity index (χ0) is 18.6. The molecule has 25 heavy (non-hydrogen) atoms. The molecule has 0 aliphatic carbocycles. The zero-order valence-corrected chi connectivity index (χ0v) is 16.9. The summed E-state index contributed by atoms with van der Waals surface area (Å²) in [6.45, 7) is 9.54. The number of aryl methyl sites for hydroxylation is 2. The van der Waals surface area contributed by atoms with Crippen LogP contribution in [-0.2, 0) is 14.6 Å². The molecule has 3 rings (SSSR count). The highest BCUT2D eigenvalue weighted by Gasteiger charge is 2.50. The van der Waals surface area contributed by atoms with Gasteiger partial charge >= 0.3 is 0 Å². The van der Waals surface area contributed by atoms with Crippen LogP contribution in [0.3, 0.4) is 0 Å². The summed E-state index contributed by atoms with van der Waals surface area (Å²) in [5, 5.41) is 0.553. The number of amides is 1. The number of thioether (sulfide) groups is 1. The first-order chi connectivity index (χ1) is 11.5. The number of hydrogen-bond donors (Lipinski definition) is 0. The van der Waals surface area contributed by atoms with Crippen LogP contribution in [-0.4, -0.2) is 42.3 Å². The van der Waals surface area contributed by atoms with Gasteiger partial charge in [-0.3, -0.25) is 4.79 Å². The number of nitrogens with zero attached hydrogens (tertiary/aromatic N) is 2. The number of carbonyl (C=O) groups is 1. The average Bonchev–Trinajstić information content (AvgIpc) is 2.90. The summed E-state index contributed by atoms with van der Waals surface area (Å²) < 4.78 is 24.3. The maximum atomic E-state index is 12.5. The second-order valence-corrected chi connectivity index (χ2v) is 11.2. The maximum absolute atomic E-state index is 12.5. The van der Waals surface area contributed by atoms with Crippen molar-refractivity contribution >= 4 is 38.4 Å². The number of carbonyl (C=O) groups excluding carboxylic acids is 1. The van der Waals surface area contributed by atoms with E-state index in [1.165, 1.54) is 11.8 Å². The van der Waals surface area contributed by atoms with Gasteiger partial charge in [0.25, 0.3) is 5.91 Å². The van der Waals surface area contributed by atoms with Crippen molar-refractivity contribution in [3.05, 3.63) is 29.3 Å². The van der Waals surface area contributed by atoms with E-state index in [4.69, 9.17) is 0 Å². The van der Waals surface area contributed by atoms with Gasteiger partial charge in [-0.05, 0) is 25.0 Å². The van der Waals surface area contributed by atoms with Crippen LogP contribution in [0.4, 0.5) is 5.69 Å². The largest absolute Gasteiger partial charge is 0.315 e. The molecule has 2 atom stereocenters. The first-order valence-corrected chi connectivity index (χ1v) is 11.1. The number of sulfone groups is 1. The van der Waals surface area contributed by atoms with E-state index in [2.05, 4.69) is 4.99 Å². The first-order valence-electron chi connectivity index (χ1n) is 8.35. The van der Waals surface area contributed by atoms with E-state index >= 15 is 0 Å². The molecule has 0 N–H and O–H groups in total. The normalized spacial score (nSPS) is 26.9. The van der Waals surface area contributed by atoms with Gasteiger partial charge in [-0.15, -0.1) is 0 Å². The van der Waals surface area contributed by atoms with Crippen LogP contribution in [0.5, 0.6) is 0 Å². The fourth-order valence-corrected chi connectivity index (χ4v) is 7.16. The van der Waals surface area contributed by atoms with Gasteiger partial charge in [-0.2, -0.15) is 4.99 Å². The van der Waals surface area contributed by atoms with Crippen molar-refractivity contribution in [2.24, 2.45) is 10.4 Å². The minimum Gasteiger partial charge on any atom is -0.315 e. The highest BCUT2D eigenvalue weighted by molar-refractivity contribution is 8.16. The standard InChI is InChI=1S/C18H24N2O3S2/c1-11-7-6-8-12(2)15(11)20-13-9-25(22,23)10-14(13)24-17(20)19-16(21)18(3,4)5/h6-8,13-14H,9-10H2,1-5H3/t13-,14-/m1/s1. The fraction of sp³-hybridized carbons (Fsp3) is 0.556. The molecule has 1 aromatic rings. The number of anilines is 1. The van der Waals surface area contributed by atoms with Crippen molar-refractivity contribution in [2.75, 3.05) is 16.4 Å². The van der Waals surface area contributed by atoms with Gasteiger partial charge < -0.3 is 4.90 Å².